The molecule has 0 saturated carbocycles. The summed E-state index contributed by atoms with van der Waals surface area (Å²) in [5.41, 5.74) is 2.14. The van der Waals surface area contributed by atoms with Gasteiger partial charge in [-0.05, 0) is 47.9 Å². The first kappa shape index (κ1) is 21.0. The van der Waals surface area contributed by atoms with Crippen LogP contribution in [0.5, 0.6) is 0 Å². The number of thiophene rings is 1. The highest BCUT2D eigenvalue weighted by Crippen LogP contribution is 2.35. The molecule has 1 aliphatic heterocycles. The molecule has 4 rings (SSSR count). The van der Waals surface area contributed by atoms with Gasteiger partial charge in [0.05, 0.1) is 12.7 Å². The third-order valence-electron chi connectivity index (χ3n) is 5.51. The number of carbonyl (C=O) groups is 1. The van der Waals surface area contributed by atoms with Crippen LogP contribution < -0.4 is 4.72 Å². The van der Waals surface area contributed by atoms with Crippen LogP contribution in [0.1, 0.15) is 24.8 Å². The lowest BCUT2D eigenvalue weighted by molar-refractivity contribution is -0.130. The van der Waals surface area contributed by atoms with E-state index in [-0.39, 0.29) is 11.9 Å². The summed E-state index contributed by atoms with van der Waals surface area (Å²) in [5.74, 6) is 0.101. The number of sulfonamides is 1. The second-order valence-electron chi connectivity index (χ2n) is 7.88. The minimum absolute atomic E-state index is 0.0939. The minimum atomic E-state index is -3.23. The van der Waals surface area contributed by atoms with E-state index in [2.05, 4.69) is 29.0 Å². The van der Waals surface area contributed by atoms with Crippen molar-refractivity contribution in [1.29, 1.82) is 0 Å². The average molecular weight is 443 g/mol. The van der Waals surface area contributed by atoms with Crippen molar-refractivity contribution in [2.75, 3.05) is 19.3 Å². The quantitative estimate of drug-likeness (QED) is 0.648. The molecule has 0 bridgehead atoms. The molecule has 7 heteroatoms. The van der Waals surface area contributed by atoms with E-state index in [0.29, 0.717) is 25.9 Å². The number of nitrogens with zero attached hydrogens (tertiary/aromatic N) is 1. The molecule has 30 heavy (non-hydrogen) atoms. The van der Waals surface area contributed by atoms with Crippen LogP contribution in [0, 0.1) is 0 Å². The van der Waals surface area contributed by atoms with E-state index in [1.807, 2.05) is 35.2 Å². The van der Waals surface area contributed by atoms with Gasteiger partial charge in [0.2, 0.25) is 15.9 Å². The number of nitrogens with one attached hydrogen (secondary N) is 1. The molecule has 1 amide bonds. The number of fused-ring (bicyclic) bond motifs is 1. The van der Waals surface area contributed by atoms with E-state index >= 15 is 0 Å². The molecule has 1 aliphatic rings. The van der Waals surface area contributed by atoms with Crippen LogP contribution in [0.2, 0.25) is 0 Å². The van der Waals surface area contributed by atoms with Crippen LogP contribution in [0.3, 0.4) is 0 Å². The van der Waals surface area contributed by atoms with Crippen molar-refractivity contribution in [2.24, 2.45) is 0 Å². The van der Waals surface area contributed by atoms with Crippen LogP contribution in [-0.2, 0) is 21.2 Å². The van der Waals surface area contributed by atoms with Crippen LogP contribution in [0.15, 0.2) is 54.6 Å². The Morgan fingerprint density at radius 3 is 2.67 bits per heavy atom. The summed E-state index contributed by atoms with van der Waals surface area (Å²) < 4.78 is 27.0. The summed E-state index contributed by atoms with van der Waals surface area (Å²) in [5, 5.41) is 1.22. The monoisotopic (exact) mass is 442 g/mol. The maximum Gasteiger partial charge on any atom is 0.227 e. The first-order valence-corrected chi connectivity index (χ1v) is 12.9. The molecule has 1 aromatic heterocycles. The minimum Gasteiger partial charge on any atom is -0.342 e. The second kappa shape index (κ2) is 8.88. The summed E-state index contributed by atoms with van der Waals surface area (Å²) >= 11 is 1.75. The Morgan fingerprint density at radius 1 is 1.10 bits per heavy atom. The molecule has 1 saturated heterocycles. The van der Waals surface area contributed by atoms with Crippen molar-refractivity contribution in [1.82, 2.24) is 9.62 Å². The lowest BCUT2D eigenvalue weighted by Gasteiger charge is -2.21. The van der Waals surface area contributed by atoms with E-state index in [4.69, 9.17) is 0 Å². The molecule has 158 valence electrons. The molecule has 1 atom stereocenters. The third kappa shape index (κ3) is 5.09. The molecule has 2 heterocycles. The van der Waals surface area contributed by atoms with E-state index in [0.717, 1.165) is 24.0 Å². The van der Waals surface area contributed by atoms with Crippen molar-refractivity contribution in [2.45, 2.75) is 31.7 Å². The standard InChI is InChI=1S/C23H26N2O3S2/c1-30(27,28)24-19-9-6-13-25(14-12-19)23(26)16-17-7-2-4-10-20(17)22-15-18-8-3-5-11-21(18)29-22/h2-5,7-8,10-11,15,19,24H,6,9,12-14,16H2,1H3. The van der Waals surface area contributed by atoms with Crippen molar-refractivity contribution < 1.29 is 13.2 Å². The van der Waals surface area contributed by atoms with Crippen LogP contribution in [0.4, 0.5) is 0 Å². The summed E-state index contributed by atoms with van der Waals surface area (Å²) in [7, 11) is -3.23. The molecule has 5 nitrogen and oxygen atoms in total. The fraction of sp³-hybridized carbons (Fsp3) is 0.348. The number of benzene rings is 2. The summed E-state index contributed by atoms with van der Waals surface area (Å²) in [6, 6.07) is 18.5. The first-order chi connectivity index (χ1) is 14.4. The van der Waals surface area contributed by atoms with Crippen LogP contribution >= 0.6 is 11.3 Å². The predicted octanol–water partition coefficient (Wildman–Crippen LogP) is 4.04. The molecule has 1 N–H and O–H groups in total. The van der Waals surface area contributed by atoms with Gasteiger partial charge in [-0.2, -0.15) is 0 Å². The van der Waals surface area contributed by atoms with E-state index in [1.54, 1.807) is 11.3 Å². The molecule has 1 unspecified atom stereocenters. The fourth-order valence-corrected chi connectivity index (χ4v) is 6.04. The largest absolute Gasteiger partial charge is 0.342 e. The Labute approximate surface area is 181 Å². The Balaban J connectivity index is 1.49. The summed E-state index contributed by atoms with van der Waals surface area (Å²) in [6.07, 6.45) is 3.75. The van der Waals surface area contributed by atoms with Gasteiger partial charge in [0.25, 0.3) is 0 Å². The maximum atomic E-state index is 13.1. The number of likely N-dealkylation sites (tertiary alicyclic amines) is 1. The lowest BCUT2D eigenvalue weighted by atomic mass is 10.0. The molecule has 3 aromatic rings. The van der Waals surface area contributed by atoms with Gasteiger partial charge in [0, 0.05) is 28.7 Å². The molecule has 0 spiro atoms. The second-order valence-corrected chi connectivity index (χ2v) is 10.7. The van der Waals surface area contributed by atoms with Crippen molar-refractivity contribution in [3.63, 3.8) is 0 Å². The van der Waals surface area contributed by atoms with Crippen LogP contribution in [-0.4, -0.2) is 44.6 Å². The van der Waals surface area contributed by atoms with Crippen molar-refractivity contribution in [3.8, 4) is 10.4 Å². The van der Waals surface area contributed by atoms with Gasteiger partial charge in [-0.3, -0.25) is 4.79 Å². The molecule has 1 fully saturated rings. The highest BCUT2D eigenvalue weighted by Gasteiger charge is 2.23. The Kier molecular flexibility index (Phi) is 6.22. The maximum absolute atomic E-state index is 13.1. The van der Waals surface area contributed by atoms with Crippen molar-refractivity contribution in [3.05, 3.63) is 60.2 Å². The van der Waals surface area contributed by atoms with Crippen LogP contribution in [0.25, 0.3) is 20.5 Å². The highest BCUT2D eigenvalue weighted by atomic mass is 32.2. The van der Waals surface area contributed by atoms with Gasteiger partial charge < -0.3 is 4.90 Å². The van der Waals surface area contributed by atoms with Gasteiger partial charge in [-0.1, -0.05) is 42.5 Å². The zero-order valence-corrected chi connectivity index (χ0v) is 18.6. The molecular formula is C23H26N2O3S2. The summed E-state index contributed by atoms with van der Waals surface area (Å²) in [4.78, 5) is 16.1. The molecule has 0 aliphatic carbocycles. The smallest absolute Gasteiger partial charge is 0.227 e. The fourth-order valence-electron chi connectivity index (χ4n) is 4.07. The molecular weight excluding hydrogens is 416 g/mol. The summed E-state index contributed by atoms with van der Waals surface area (Å²) in [6.45, 7) is 1.25. The normalized spacial score (nSPS) is 17.8. The van der Waals surface area contributed by atoms with E-state index < -0.39 is 10.0 Å². The lowest BCUT2D eigenvalue weighted by Crippen LogP contribution is -2.36. The highest BCUT2D eigenvalue weighted by molar-refractivity contribution is 7.88. The molecule has 0 radical (unpaired) electrons. The van der Waals surface area contributed by atoms with Gasteiger partial charge >= 0.3 is 0 Å². The number of hydrogen-bond acceptors (Lipinski definition) is 4. The Morgan fingerprint density at radius 2 is 1.87 bits per heavy atom. The van der Waals surface area contributed by atoms with Gasteiger partial charge in [0.1, 0.15) is 0 Å². The third-order valence-corrected chi connectivity index (χ3v) is 7.42. The average Bonchev–Trinajstić information content (AvgIpc) is 3.00. The predicted molar refractivity (Wildman–Crippen MR) is 123 cm³/mol. The van der Waals surface area contributed by atoms with Crippen molar-refractivity contribution >= 4 is 37.4 Å². The van der Waals surface area contributed by atoms with E-state index in [9.17, 15) is 13.2 Å². The van der Waals surface area contributed by atoms with Gasteiger partial charge in [-0.25, -0.2) is 13.1 Å². The topological polar surface area (TPSA) is 66.5 Å². The number of carbonyl (C=O) groups excluding carboxylic acids is 1. The first-order valence-electron chi connectivity index (χ1n) is 10.2. The number of amides is 1. The number of hydrogen-bond donors (Lipinski definition) is 1. The number of rotatable bonds is 5. The van der Waals surface area contributed by atoms with Gasteiger partial charge in [0.15, 0.2) is 0 Å². The zero-order valence-electron chi connectivity index (χ0n) is 17.0. The Hall–Kier alpha value is -2.22. The van der Waals surface area contributed by atoms with E-state index in [1.165, 1.54) is 21.2 Å². The SMILES string of the molecule is CS(=O)(=O)NC1CCCN(C(=O)Cc2ccccc2-c2cc3ccccc3s2)CC1. The van der Waals surface area contributed by atoms with Gasteiger partial charge in [-0.15, -0.1) is 11.3 Å². The zero-order chi connectivity index (χ0) is 21.1. The Bertz CT molecular complexity index is 1120. The molecule has 2 aromatic carbocycles.